The van der Waals surface area contributed by atoms with Crippen LogP contribution >= 0.6 is 0 Å². The molecule has 1 N–H and O–H groups in total. The number of halogens is 2. The van der Waals surface area contributed by atoms with Crippen molar-refractivity contribution in [2.75, 3.05) is 13.1 Å². The highest BCUT2D eigenvalue weighted by Gasteiger charge is 2.23. The molecule has 25 heavy (non-hydrogen) atoms. The molecule has 0 bridgehead atoms. The number of aromatic nitrogens is 2. The number of hydrogen-bond donors (Lipinski definition) is 1. The summed E-state index contributed by atoms with van der Waals surface area (Å²) in [5, 5.41) is 1.04. The van der Waals surface area contributed by atoms with Gasteiger partial charge in [-0.2, -0.15) is 0 Å². The summed E-state index contributed by atoms with van der Waals surface area (Å²) in [6, 6.07) is 6.91. The molecule has 1 aromatic carbocycles. The lowest BCUT2D eigenvalue weighted by atomic mass is 9.99. The number of carbonyl (C=O) groups excluding carboxylic acids is 1. The Kier molecular flexibility index (Phi) is 3.80. The average molecular weight is 339 g/mol. The molecule has 0 saturated heterocycles. The molecule has 0 aliphatic carbocycles. The van der Waals surface area contributed by atoms with E-state index in [1.54, 1.807) is 11.1 Å². The van der Waals surface area contributed by atoms with E-state index in [0.29, 0.717) is 19.5 Å². The number of pyridine rings is 1. The van der Waals surface area contributed by atoms with Crippen LogP contribution in [0.5, 0.6) is 0 Å². The highest BCUT2D eigenvalue weighted by atomic mass is 19.1. The Morgan fingerprint density at radius 3 is 2.88 bits per heavy atom. The van der Waals surface area contributed by atoms with Gasteiger partial charge in [0.2, 0.25) is 0 Å². The summed E-state index contributed by atoms with van der Waals surface area (Å²) in [7, 11) is 0. The van der Waals surface area contributed by atoms with Crippen LogP contribution in [-0.4, -0.2) is 33.9 Å². The first-order chi connectivity index (χ1) is 12.1. The Labute approximate surface area is 142 Å². The predicted octanol–water partition coefficient (Wildman–Crippen LogP) is 3.77. The minimum absolute atomic E-state index is 0.102. The lowest BCUT2D eigenvalue weighted by Gasteiger charge is -2.26. The monoisotopic (exact) mass is 339 g/mol. The fourth-order valence-corrected chi connectivity index (χ4v) is 3.15. The number of rotatable bonds is 2. The Hall–Kier alpha value is -3.02. The minimum atomic E-state index is -0.831. The summed E-state index contributed by atoms with van der Waals surface area (Å²) in [6.45, 7) is 0.867. The number of hydrogen-bond acceptors (Lipinski definition) is 2. The molecule has 1 aliphatic heterocycles. The number of benzene rings is 1. The summed E-state index contributed by atoms with van der Waals surface area (Å²) in [6.07, 6.45) is 6.28. The molecule has 0 saturated carbocycles. The largest absolute Gasteiger partial charge is 0.346 e. The smallest absolute Gasteiger partial charge is 0.257 e. The van der Waals surface area contributed by atoms with Crippen molar-refractivity contribution in [2.24, 2.45) is 0 Å². The van der Waals surface area contributed by atoms with E-state index in [9.17, 15) is 13.6 Å². The van der Waals surface area contributed by atoms with Crippen LogP contribution in [-0.2, 0) is 0 Å². The van der Waals surface area contributed by atoms with Crippen LogP contribution in [0, 0.1) is 11.6 Å². The van der Waals surface area contributed by atoms with Crippen molar-refractivity contribution in [1.29, 1.82) is 0 Å². The first-order valence-electron chi connectivity index (χ1n) is 7.99. The van der Waals surface area contributed by atoms with Gasteiger partial charge in [0.25, 0.3) is 5.91 Å². The van der Waals surface area contributed by atoms with Crippen LogP contribution in [0.4, 0.5) is 8.78 Å². The van der Waals surface area contributed by atoms with E-state index in [-0.39, 0.29) is 5.56 Å². The first kappa shape index (κ1) is 15.5. The lowest BCUT2D eigenvalue weighted by Crippen LogP contribution is -2.35. The summed E-state index contributed by atoms with van der Waals surface area (Å²) in [5.41, 5.74) is 2.92. The average Bonchev–Trinajstić information content (AvgIpc) is 3.05. The molecule has 4 nitrogen and oxygen atoms in total. The van der Waals surface area contributed by atoms with E-state index in [0.717, 1.165) is 34.3 Å². The van der Waals surface area contributed by atoms with E-state index in [2.05, 4.69) is 9.97 Å². The van der Waals surface area contributed by atoms with Crippen LogP contribution in [0.2, 0.25) is 0 Å². The Bertz CT molecular complexity index is 993. The molecule has 3 aromatic rings. The van der Waals surface area contributed by atoms with Crippen LogP contribution in [0.15, 0.2) is 48.8 Å². The molecule has 1 aliphatic rings. The molecule has 0 unspecified atom stereocenters. The number of amides is 1. The third kappa shape index (κ3) is 2.80. The molecule has 1 amide bonds. The molecule has 0 atom stereocenters. The second kappa shape index (κ2) is 6.12. The molecular formula is C19H15F2N3O. The van der Waals surface area contributed by atoms with Gasteiger partial charge >= 0.3 is 0 Å². The third-order valence-corrected chi connectivity index (χ3v) is 4.45. The van der Waals surface area contributed by atoms with Crippen molar-refractivity contribution in [2.45, 2.75) is 6.42 Å². The van der Waals surface area contributed by atoms with Gasteiger partial charge in [-0.3, -0.25) is 4.79 Å². The maximum absolute atomic E-state index is 13.8. The SMILES string of the molecule is O=C(c1ccc(F)cc1F)N1CC=C(c2c[nH]c3ncccc23)CC1. The summed E-state index contributed by atoms with van der Waals surface area (Å²) in [5.74, 6) is -1.95. The fourth-order valence-electron chi connectivity index (χ4n) is 3.15. The third-order valence-electron chi connectivity index (χ3n) is 4.45. The summed E-state index contributed by atoms with van der Waals surface area (Å²) in [4.78, 5) is 21.4. The molecule has 2 aromatic heterocycles. The number of aromatic amines is 1. The molecule has 3 heterocycles. The van der Waals surface area contributed by atoms with E-state index in [1.165, 1.54) is 6.07 Å². The molecule has 4 rings (SSSR count). The molecule has 0 fully saturated rings. The van der Waals surface area contributed by atoms with Gasteiger partial charge in [0, 0.05) is 42.5 Å². The van der Waals surface area contributed by atoms with Crippen molar-refractivity contribution in [1.82, 2.24) is 14.9 Å². The van der Waals surface area contributed by atoms with Gasteiger partial charge in [0.1, 0.15) is 17.3 Å². The minimum Gasteiger partial charge on any atom is -0.346 e. The zero-order chi connectivity index (χ0) is 17.4. The normalized spacial score (nSPS) is 14.6. The lowest BCUT2D eigenvalue weighted by molar-refractivity contribution is 0.0768. The van der Waals surface area contributed by atoms with Crippen LogP contribution in [0.25, 0.3) is 16.6 Å². The Morgan fingerprint density at radius 2 is 2.12 bits per heavy atom. The van der Waals surface area contributed by atoms with Crippen molar-refractivity contribution in [3.05, 3.63) is 71.6 Å². The second-order valence-electron chi connectivity index (χ2n) is 5.96. The van der Waals surface area contributed by atoms with E-state index in [1.807, 2.05) is 24.4 Å². The molecule has 126 valence electrons. The van der Waals surface area contributed by atoms with Crippen molar-refractivity contribution >= 4 is 22.5 Å². The maximum atomic E-state index is 13.8. The van der Waals surface area contributed by atoms with E-state index < -0.39 is 17.5 Å². The predicted molar refractivity (Wildman–Crippen MR) is 90.9 cm³/mol. The number of nitrogens with one attached hydrogen (secondary N) is 1. The zero-order valence-corrected chi connectivity index (χ0v) is 13.3. The second-order valence-corrected chi connectivity index (χ2v) is 5.96. The van der Waals surface area contributed by atoms with Crippen molar-refractivity contribution in [3.63, 3.8) is 0 Å². The Balaban J connectivity index is 1.56. The maximum Gasteiger partial charge on any atom is 0.257 e. The van der Waals surface area contributed by atoms with Crippen molar-refractivity contribution in [3.8, 4) is 0 Å². The summed E-state index contributed by atoms with van der Waals surface area (Å²) < 4.78 is 26.8. The summed E-state index contributed by atoms with van der Waals surface area (Å²) >= 11 is 0. The van der Waals surface area contributed by atoms with Crippen LogP contribution in [0.3, 0.4) is 0 Å². The van der Waals surface area contributed by atoms with Gasteiger partial charge < -0.3 is 9.88 Å². The van der Waals surface area contributed by atoms with Gasteiger partial charge in [-0.25, -0.2) is 13.8 Å². The van der Waals surface area contributed by atoms with Gasteiger partial charge in [0.05, 0.1) is 5.56 Å². The highest BCUT2D eigenvalue weighted by Crippen LogP contribution is 2.28. The molecule has 0 radical (unpaired) electrons. The molecule has 6 heteroatoms. The van der Waals surface area contributed by atoms with Gasteiger partial charge in [-0.1, -0.05) is 6.08 Å². The standard InChI is InChI=1S/C19H15F2N3O/c20-13-3-4-15(17(21)10-13)19(25)24-8-5-12(6-9-24)16-11-23-18-14(16)2-1-7-22-18/h1-5,7,10-11H,6,8-9H2,(H,22,23). The van der Waals surface area contributed by atoms with Gasteiger partial charge in [-0.15, -0.1) is 0 Å². The van der Waals surface area contributed by atoms with Crippen LogP contribution in [0.1, 0.15) is 22.3 Å². The van der Waals surface area contributed by atoms with E-state index >= 15 is 0 Å². The van der Waals surface area contributed by atoms with E-state index in [4.69, 9.17) is 0 Å². The number of carbonyl (C=O) groups is 1. The quantitative estimate of drug-likeness (QED) is 0.773. The molecular weight excluding hydrogens is 324 g/mol. The Morgan fingerprint density at radius 1 is 1.24 bits per heavy atom. The highest BCUT2D eigenvalue weighted by molar-refractivity contribution is 5.96. The molecule has 0 spiro atoms. The zero-order valence-electron chi connectivity index (χ0n) is 13.3. The topological polar surface area (TPSA) is 49.0 Å². The van der Waals surface area contributed by atoms with Crippen molar-refractivity contribution < 1.29 is 13.6 Å². The fraction of sp³-hybridized carbons (Fsp3) is 0.158. The van der Waals surface area contributed by atoms with Gasteiger partial charge in [0.15, 0.2) is 0 Å². The van der Waals surface area contributed by atoms with Gasteiger partial charge in [-0.05, 0) is 36.3 Å². The number of nitrogens with zero attached hydrogens (tertiary/aromatic N) is 2. The van der Waals surface area contributed by atoms with Crippen LogP contribution < -0.4 is 0 Å². The number of H-pyrrole nitrogens is 1. The first-order valence-corrected chi connectivity index (χ1v) is 7.99. The number of fused-ring (bicyclic) bond motifs is 1.